The molecule has 7 heteroatoms. The van der Waals surface area contributed by atoms with Gasteiger partial charge in [-0.3, -0.25) is 4.79 Å². The van der Waals surface area contributed by atoms with Gasteiger partial charge < -0.3 is 10.2 Å². The van der Waals surface area contributed by atoms with E-state index in [1.807, 2.05) is 23.1 Å². The lowest BCUT2D eigenvalue weighted by atomic mass is 9.98. The van der Waals surface area contributed by atoms with Crippen molar-refractivity contribution >= 4 is 27.5 Å². The number of para-hydroxylation sites is 1. The number of hydrogen-bond donors (Lipinski definition) is 1. The van der Waals surface area contributed by atoms with Gasteiger partial charge in [0.05, 0.1) is 21.8 Å². The van der Waals surface area contributed by atoms with Gasteiger partial charge in [0.2, 0.25) is 5.91 Å². The predicted molar refractivity (Wildman–Crippen MR) is 111 cm³/mol. The zero-order valence-corrected chi connectivity index (χ0v) is 17.0. The van der Waals surface area contributed by atoms with Gasteiger partial charge in [0.25, 0.3) is 0 Å². The van der Waals surface area contributed by atoms with Gasteiger partial charge in [0.15, 0.2) is 0 Å². The topological polar surface area (TPSA) is 45.2 Å². The zero-order chi connectivity index (χ0) is 20.4. The fourth-order valence-corrected chi connectivity index (χ4v) is 4.88. The van der Waals surface area contributed by atoms with Gasteiger partial charge in [-0.2, -0.15) is 0 Å². The first-order valence-corrected chi connectivity index (χ1v) is 10.6. The average Bonchev–Trinajstić information content (AvgIpc) is 3.16. The van der Waals surface area contributed by atoms with Crippen LogP contribution in [0.4, 0.5) is 8.78 Å². The smallest absolute Gasteiger partial charge is 0.236 e. The Bertz CT molecular complexity index is 989. The van der Waals surface area contributed by atoms with Crippen molar-refractivity contribution in [2.24, 2.45) is 0 Å². The number of halogens is 2. The fraction of sp³-hybridized carbons (Fsp3) is 0.364. The molecule has 0 bridgehead atoms. The van der Waals surface area contributed by atoms with Gasteiger partial charge in [0, 0.05) is 36.7 Å². The first-order chi connectivity index (χ1) is 14.0. The van der Waals surface area contributed by atoms with Crippen molar-refractivity contribution in [1.29, 1.82) is 0 Å². The Labute approximate surface area is 172 Å². The van der Waals surface area contributed by atoms with Crippen molar-refractivity contribution in [3.05, 3.63) is 64.7 Å². The molecular formula is C22H23F2N3OS. The molecule has 4 nitrogen and oxygen atoms in total. The van der Waals surface area contributed by atoms with E-state index in [1.54, 1.807) is 18.3 Å². The number of hydrogen-bond acceptors (Lipinski definition) is 4. The Kier molecular flexibility index (Phi) is 5.87. The van der Waals surface area contributed by atoms with Crippen molar-refractivity contribution in [2.45, 2.75) is 31.7 Å². The van der Waals surface area contributed by atoms with Gasteiger partial charge in [-0.15, -0.1) is 11.3 Å². The number of nitrogens with one attached hydrogen (secondary N) is 1. The van der Waals surface area contributed by atoms with Crippen LogP contribution in [0.2, 0.25) is 0 Å². The number of carbonyl (C=O) groups is 1. The van der Waals surface area contributed by atoms with Crippen molar-refractivity contribution in [2.75, 3.05) is 19.6 Å². The molecule has 29 heavy (non-hydrogen) atoms. The molecule has 3 aromatic rings. The van der Waals surface area contributed by atoms with E-state index < -0.39 is 11.6 Å². The summed E-state index contributed by atoms with van der Waals surface area (Å²) in [6, 6.07) is 11.2. The highest BCUT2D eigenvalue weighted by atomic mass is 32.1. The maximum Gasteiger partial charge on any atom is 0.236 e. The standard InChI is InChI=1S/C22H23F2N3OS/c1-14(17-9-8-16(23)11-18(17)24)25-12-21(28)27-10-4-5-15(13-27)22-26-19-6-2-3-7-20(19)29-22/h2-3,6-9,11,14-15,25H,4-5,10,12-13H2,1H3/t14-,15-/m1/s1. The maximum absolute atomic E-state index is 13.9. The zero-order valence-electron chi connectivity index (χ0n) is 16.2. The molecule has 0 radical (unpaired) electrons. The minimum absolute atomic E-state index is 0.00909. The number of rotatable bonds is 5. The van der Waals surface area contributed by atoms with Gasteiger partial charge in [-0.25, -0.2) is 13.8 Å². The highest BCUT2D eigenvalue weighted by Gasteiger charge is 2.27. The highest BCUT2D eigenvalue weighted by molar-refractivity contribution is 7.18. The minimum Gasteiger partial charge on any atom is -0.341 e. The van der Waals surface area contributed by atoms with E-state index in [1.165, 1.54) is 16.8 Å². The summed E-state index contributed by atoms with van der Waals surface area (Å²) >= 11 is 1.70. The van der Waals surface area contributed by atoms with Crippen LogP contribution in [-0.2, 0) is 4.79 Å². The van der Waals surface area contributed by atoms with Crippen LogP contribution < -0.4 is 5.32 Å². The van der Waals surface area contributed by atoms with Gasteiger partial charge in [0.1, 0.15) is 11.6 Å². The molecular weight excluding hydrogens is 392 g/mol. The summed E-state index contributed by atoms with van der Waals surface area (Å²) in [7, 11) is 0. The van der Waals surface area contributed by atoms with Gasteiger partial charge >= 0.3 is 0 Å². The molecule has 1 aliphatic rings. The maximum atomic E-state index is 13.9. The summed E-state index contributed by atoms with van der Waals surface area (Å²) in [5, 5.41) is 4.15. The normalized spacial score (nSPS) is 18.2. The molecule has 2 atom stereocenters. The lowest BCUT2D eigenvalue weighted by molar-refractivity contribution is -0.131. The van der Waals surface area contributed by atoms with E-state index in [-0.39, 0.29) is 24.4 Å². The molecule has 1 aromatic heterocycles. The van der Waals surface area contributed by atoms with Crippen molar-refractivity contribution in [1.82, 2.24) is 15.2 Å². The number of benzene rings is 2. The monoisotopic (exact) mass is 415 g/mol. The SMILES string of the molecule is C[C@@H](NCC(=O)N1CCC[C@@H](c2nc3ccccc3s2)C1)c1ccc(F)cc1F. The molecule has 2 heterocycles. The van der Waals surface area contributed by atoms with E-state index in [0.29, 0.717) is 12.1 Å². The molecule has 2 aromatic carbocycles. The number of fused-ring (bicyclic) bond motifs is 1. The molecule has 1 aliphatic heterocycles. The second kappa shape index (κ2) is 8.55. The first-order valence-electron chi connectivity index (χ1n) is 9.83. The van der Waals surface area contributed by atoms with Gasteiger partial charge in [-0.1, -0.05) is 18.2 Å². The number of piperidine rings is 1. The van der Waals surface area contributed by atoms with Crippen LogP contribution in [0.1, 0.15) is 42.3 Å². The molecule has 1 fully saturated rings. The third-order valence-corrected chi connectivity index (χ3v) is 6.62. The third kappa shape index (κ3) is 4.46. The van der Waals surface area contributed by atoms with Crippen molar-refractivity contribution < 1.29 is 13.6 Å². The molecule has 1 amide bonds. The highest BCUT2D eigenvalue weighted by Crippen LogP contribution is 2.33. The molecule has 1 saturated heterocycles. The van der Waals surface area contributed by atoms with Crippen molar-refractivity contribution in [3.63, 3.8) is 0 Å². The van der Waals surface area contributed by atoms with Crippen LogP contribution in [0.25, 0.3) is 10.2 Å². The van der Waals surface area contributed by atoms with E-state index >= 15 is 0 Å². The van der Waals surface area contributed by atoms with Crippen LogP contribution in [-0.4, -0.2) is 35.4 Å². The number of carbonyl (C=O) groups excluding carboxylic acids is 1. The summed E-state index contributed by atoms with van der Waals surface area (Å²) in [6.45, 7) is 3.26. The fourth-order valence-electron chi connectivity index (χ4n) is 3.78. The van der Waals surface area contributed by atoms with Crippen LogP contribution in [0.3, 0.4) is 0 Å². The Morgan fingerprint density at radius 2 is 2.14 bits per heavy atom. The number of aromatic nitrogens is 1. The molecule has 4 rings (SSSR count). The Morgan fingerprint density at radius 3 is 2.93 bits per heavy atom. The van der Waals surface area contributed by atoms with Gasteiger partial charge in [-0.05, 0) is 38.0 Å². The summed E-state index contributed by atoms with van der Waals surface area (Å²) in [6.07, 6.45) is 1.96. The predicted octanol–water partition coefficient (Wildman–Crippen LogP) is 4.63. The number of thiazole rings is 1. The van der Waals surface area contributed by atoms with Crippen LogP contribution in [0.15, 0.2) is 42.5 Å². The Balaban J connectivity index is 1.37. The summed E-state index contributed by atoms with van der Waals surface area (Å²) in [4.78, 5) is 19.3. The molecule has 0 spiro atoms. The second-order valence-electron chi connectivity index (χ2n) is 7.47. The molecule has 0 aliphatic carbocycles. The number of amides is 1. The average molecular weight is 416 g/mol. The lowest BCUT2D eigenvalue weighted by Crippen LogP contribution is -2.43. The minimum atomic E-state index is -0.608. The summed E-state index contributed by atoms with van der Waals surface area (Å²) in [5.74, 6) is -0.975. The lowest BCUT2D eigenvalue weighted by Gasteiger charge is -2.32. The van der Waals surface area contributed by atoms with E-state index in [9.17, 15) is 13.6 Å². The summed E-state index contributed by atoms with van der Waals surface area (Å²) < 4.78 is 28.2. The third-order valence-electron chi connectivity index (χ3n) is 5.42. The van der Waals surface area contributed by atoms with Crippen LogP contribution in [0.5, 0.6) is 0 Å². The number of likely N-dealkylation sites (tertiary alicyclic amines) is 1. The van der Waals surface area contributed by atoms with Crippen LogP contribution >= 0.6 is 11.3 Å². The molecule has 1 N–H and O–H groups in total. The van der Waals surface area contributed by atoms with E-state index in [0.717, 1.165) is 36.0 Å². The molecule has 152 valence electrons. The van der Waals surface area contributed by atoms with E-state index in [2.05, 4.69) is 11.4 Å². The number of nitrogens with zero attached hydrogens (tertiary/aromatic N) is 2. The summed E-state index contributed by atoms with van der Waals surface area (Å²) in [5.41, 5.74) is 1.36. The second-order valence-corrected chi connectivity index (χ2v) is 8.53. The largest absolute Gasteiger partial charge is 0.341 e. The molecule has 0 saturated carbocycles. The van der Waals surface area contributed by atoms with Crippen molar-refractivity contribution in [3.8, 4) is 0 Å². The Hall–Kier alpha value is -2.38. The first kappa shape index (κ1) is 19.9. The quantitative estimate of drug-likeness (QED) is 0.661. The molecule has 0 unspecified atom stereocenters. The van der Waals surface area contributed by atoms with E-state index in [4.69, 9.17) is 4.98 Å². The van der Waals surface area contributed by atoms with Crippen LogP contribution in [0, 0.1) is 11.6 Å². The Morgan fingerprint density at radius 1 is 1.31 bits per heavy atom.